The Kier molecular flexibility index (Phi) is 5.65. The maximum absolute atomic E-state index is 12.8. The molecular formula is C17H25ClN2O. The molecule has 0 atom stereocenters. The number of nitrogens with one attached hydrogen (secondary N) is 1. The van der Waals surface area contributed by atoms with Crippen LogP contribution in [0.1, 0.15) is 42.6 Å². The van der Waals surface area contributed by atoms with Crippen molar-refractivity contribution in [2.45, 2.75) is 39.7 Å². The maximum Gasteiger partial charge on any atom is 0.255 e. The summed E-state index contributed by atoms with van der Waals surface area (Å²) in [6.45, 7) is 9.05. The second-order valence-electron chi connectivity index (χ2n) is 6.23. The molecule has 116 valence electrons. The molecule has 1 aliphatic rings. The number of rotatable bonds is 4. The zero-order chi connectivity index (χ0) is 15.4. The molecule has 1 saturated heterocycles. The quantitative estimate of drug-likeness (QED) is 0.923. The van der Waals surface area contributed by atoms with Gasteiger partial charge in [-0.3, -0.25) is 4.79 Å². The van der Waals surface area contributed by atoms with Gasteiger partial charge in [0.15, 0.2) is 0 Å². The average Bonchev–Trinajstić information content (AvgIpc) is 2.45. The molecule has 3 nitrogen and oxygen atoms in total. The highest BCUT2D eigenvalue weighted by Crippen LogP contribution is 2.22. The lowest BCUT2D eigenvalue weighted by Crippen LogP contribution is -2.43. The van der Waals surface area contributed by atoms with E-state index in [1.807, 2.05) is 30.0 Å². The first kappa shape index (κ1) is 16.3. The molecule has 0 spiro atoms. The second kappa shape index (κ2) is 7.28. The van der Waals surface area contributed by atoms with Gasteiger partial charge in [-0.05, 0) is 70.3 Å². The normalized spacial score (nSPS) is 16.2. The van der Waals surface area contributed by atoms with E-state index in [4.69, 9.17) is 11.6 Å². The Hall–Kier alpha value is -1.06. The lowest BCUT2D eigenvalue weighted by molar-refractivity contribution is 0.0658. The number of nitrogens with zero attached hydrogens (tertiary/aromatic N) is 1. The molecule has 1 fully saturated rings. The van der Waals surface area contributed by atoms with Crippen LogP contribution in [0.3, 0.4) is 0 Å². The smallest absolute Gasteiger partial charge is 0.255 e. The van der Waals surface area contributed by atoms with E-state index in [2.05, 4.69) is 19.2 Å². The van der Waals surface area contributed by atoms with Gasteiger partial charge in [0.25, 0.3) is 5.91 Å². The monoisotopic (exact) mass is 308 g/mol. The van der Waals surface area contributed by atoms with Crippen molar-refractivity contribution in [3.05, 3.63) is 34.3 Å². The number of piperidine rings is 1. The molecule has 1 heterocycles. The highest BCUT2D eigenvalue weighted by Gasteiger charge is 2.25. The number of carbonyl (C=O) groups excluding carboxylic acids is 1. The van der Waals surface area contributed by atoms with Crippen molar-refractivity contribution in [2.24, 2.45) is 5.92 Å². The Morgan fingerprint density at radius 3 is 2.62 bits per heavy atom. The number of carbonyl (C=O) groups is 1. The third-order valence-corrected chi connectivity index (χ3v) is 4.47. The van der Waals surface area contributed by atoms with Gasteiger partial charge in [0.2, 0.25) is 0 Å². The van der Waals surface area contributed by atoms with Crippen LogP contribution in [0.5, 0.6) is 0 Å². The molecule has 1 aliphatic heterocycles. The molecule has 4 heteroatoms. The van der Waals surface area contributed by atoms with Crippen molar-refractivity contribution in [1.82, 2.24) is 10.2 Å². The molecule has 0 unspecified atom stereocenters. The summed E-state index contributed by atoms with van der Waals surface area (Å²) in [7, 11) is 0. The van der Waals surface area contributed by atoms with E-state index in [0.717, 1.165) is 38.0 Å². The standard InChI is InChI=1S/C17H25ClN2O/c1-12(2)20(11-14-6-8-19-9-7-14)17(21)15-5-4-13(3)10-16(15)18/h4-5,10,12,14,19H,6-9,11H2,1-3H3. The van der Waals surface area contributed by atoms with Crippen LogP contribution in [0.25, 0.3) is 0 Å². The first-order valence-electron chi connectivity index (χ1n) is 7.77. The summed E-state index contributed by atoms with van der Waals surface area (Å²) in [5.41, 5.74) is 1.69. The van der Waals surface area contributed by atoms with Crippen molar-refractivity contribution in [1.29, 1.82) is 0 Å². The Morgan fingerprint density at radius 2 is 2.05 bits per heavy atom. The molecule has 1 aromatic carbocycles. The van der Waals surface area contributed by atoms with Gasteiger partial charge in [-0.1, -0.05) is 17.7 Å². The molecule has 21 heavy (non-hydrogen) atoms. The molecule has 1 aromatic rings. The number of hydrogen-bond donors (Lipinski definition) is 1. The Morgan fingerprint density at radius 1 is 1.38 bits per heavy atom. The lowest BCUT2D eigenvalue weighted by Gasteiger charge is -2.33. The fourth-order valence-electron chi connectivity index (χ4n) is 2.82. The molecule has 2 rings (SSSR count). The van der Waals surface area contributed by atoms with Crippen LogP contribution in [0.15, 0.2) is 18.2 Å². The Bertz CT molecular complexity index is 496. The molecule has 1 amide bonds. The van der Waals surface area contributed by atoms with Gasteiger partial charge in [-0.15, -0.1) is 0 Å². The first-order valence-corrected chi connectivity index (χ1v) is 8.14. The Balaban J connectivity index is 2.14. The average molecular weight is 309 g/mol. The van der Waals surface area contributed by atoms with E-state index >= 15 is 0 Å². The summed E-state index contributed by atoms with van der Waals surface area (Å²) in [4.78, 5) is 14.8. The van der Waals surface area contributed by atoms with Crippen molar-refractivity contribution < 1.29 is 4.79 Å². The summed E-state index contributed by atoms with van der Waals surface area (Å²) in [6, 6.07) is 5.84. The van der Waals surface area contributed by atoms with Gasteiger partial charge < -0.3 is 10.2 Å². The third-order valence-electron chi connectivity index (χ3n) is 4.15. The molecule has 0 saturated carbocycles. The summed E-state index contributed by atoms with van der Waals surface area (Å²) >= 11 is 6.26. The first-order chi connectivity index (χ1) is 9.99. The third kappa shape index (κ3) is 4.21. The molecular weight excluding hydrogens is 284 g/mol. The number of halogens is 1. The molecule has 0 bridgehead atoms. The predicted octanol–water partition coefficient (Wildman–Crippen LogP) is 3.50. The fourth-order valence-corrected chi connectivity index (χ4v) is 3.13. The second-order valence-corrected chi connectivity index (χ2v) is 6.64. The van der Waals surface area contributed by atoms with Crippen LogP contribution in [-0.2, 0) is 0 Å². The van der Waals surface area contributed by atoms with Crippen LogP contribution in [0.2, 0.25) is 5.02 Å². The summed E-state index contributed by atoms with van der Waals surface area (Å²) in [5, 5.41) is 3.92. The maximum atomic E-state index is 12.8. The molecule has 0 aromatic heterocycles. The zero-order valence-electron chi connectivity index (χ0n) is 13.2. The number of hydrogen-bond acceptors (Lipinski definition) is 2. The van der Waals surface area contributed by atoms with Gasteiger partial charge in [0, 0.05) is 12.6 Å². The largest absolute Gasteiger partial charge is 0.336 e. The minimum absolute atomic E-state index is 0.0496. The zero-order valence-corrected chi connectivity index (χ0v) is 13.9. The molecule has 0 radical (unpaired) electrons. The molecule has 0 aliphatic carbocycles. The van der Waals surface area contributed by atoms with E-state index in [9.17, 15) is 4.79 Å². The lowest BCUT2D eigenvalue weighted by atomic mass is 9.96. The number of amides is 1. The van der Waals surface area contributed by atoms with Crippen molar-refractivity contribution in [3.8, 4) is 0 Å². The van der Waals surface area contributed by atoms with Crippen LogP contribution >= 0.6 is 11.6 Å². The minimum Gasteiger partial charge on any atom is -0.336 e. The van der Waals surface area contributed by atoms with Crippen LogP contribution in [0, 0.1) is 12.8 Å². The fraction of sp³-hybridized carbons (Fsp3) is 0.588. The predicted molar refractivity (Wildman–Crippen MR) is 88.0 cm³/mol. The van der Waals surface area contributed by atoms with Crippen LogP contribution in [-0.4, -0.2) is 36.5 Å². The highest BCUT2D eigenvalue weighted by atomic mass is 35.5. The van der Waals surface area contributed by atoms with Crippen molar-refractivity contribution >= 4 is 17.5 Å². The summed E-state index contributed by atoms with van der Waals surface area (Å²) in [5.74, 6) is 0.635. The van der Waals surface area contributed by atoms with E-state index in [1.165, 1.54) is 0 Å². The van der Waals surface area contributed by atoms with E-state index in [1.54, 1.807) is 0 Å². The number of benzene rings is 1. The Labute approximate surface area is 132 Å². The van der Waals surface area contributed by atoms with Crippen LogP contribution in [0.4, 0.5) is 0 Å². The van der Waals surface area contributed by atoms with Gasteiger partial charge >= 0.3 is 0 Å². The van der Waals surface area contributed by atoms with Gasteiger partial charge in [-0.25, -0.2) is 0 Å². The molecule has 1 N–H and O–H groups in total. The SMILES string of the molecule is Cc1ccc(C(=O)N(CC2CCNCC2)C(C)C)c(Cl)c1. The van der Waals surface area contributed by atoms with E-state index in [0.29, 0.717) is 16.5 Å². The highest BCUT2D eigenvalue weighted by molar-refractivity contribution is 6.33. The number of aryl methyl sites for hydroxylation is 1. The van der Waals surface area contributed by atoms with Gasteiger partial charge in [0.1, 0.15) is 0 Å². The summed E-state index contributed by atoms with van der Waals surface area (Å²) in [6.07, 6.45) is 2.27. The van der Waals surface area contributed by atoms with Crippen molar-refractivity contribution in [2.75, 3.05) is 19.6 Å². The van der Waals surface area contributed by atoms with Crippen LogP contribution < -0.4 is 5.32 Å². The van der Waals surface area contributed by atoms with Crippen molar-refractivity contribution in [3.63, 3.8) is 0 Å². The minimum atomic E-state index is 0.0496. The topological polar surface area (TPSA) is 32.3 Å². The van der Waals surface area contributed by atoms with E-state index in [-0.39, 0.29) is 11.9 Å². The summed E-state index contributed by atoms with van der Waals surface area (Å²) < 4.78 is 0. The van der Waals surface area contributed by atoms with E-state index < -0.39 is 0 Å². The van der Waals surface area contributed by atoms with Gasteiger partial charge in [-0.2, -0.15) is 0 Å². The van der Waals surface area contributed by atoms with Gasteiger partial charge in [0.05, 0.1) is 10.6 Å².